The van der Waals surface area contributed by atoms with Crippen LogP contribution in [0.3, 0.4) is 0 Å². The van der Waals surface area contributed by atoms with E-state index in [9.17, 15) is 4.79 Å². The van der Waals surface area contributed by atoms with E-state index in [-0.39, 0.29) is 5.41 Å². The highest BCUT2D eigenvalue weighted by molar-refractivity contribution is 5.86. The third-order valence-electron chi connectivity index (χ3n) is 2.54. The highest BCUT2D eigenvalue weighted by Gasteiger charge is 2.48. The van der Waals surface area contributed by atoms with Crippen molar-refractivity contribution in [2.45, 2.75) is 32.3 Å². The van der Waals surface area contributed by atoms with Gasteiger partial charge in [0, 0.05) is 18.3 Å². The third kappa shape index (κ3) is 0.788. The number of Topliss-reactive ketones (excluding diaryl/α,β-unsaturated/α-hetero) is 1. The van der Waals surface area contributed by atoms with Crippen LogP contribution in [-0.2, 0) is 9.53 Å². The molecule has 1 aliphatic carbocycles. The van der Waals surface area contributed by atoms with Crippen LogP contribution in [0.2, 0.25) is 0 Å². The molecule has 2 nitrogen and oxygen atoms in total. The topological polar surface area (TPSA) is 26.3 Å². The Labute approximate surface area is 60.6 Å². The predicted octanol–water partition coefficient (Wildman–Crippen LogP) is 1.14. The lowest BCUT2D eigenvalue weighted by molar-refractivity contribution is -0.132. The van der Waals surface area contributed by atoms with Gasteiger partial charge in [0.25, 0.3) is 0 Å². The van der Waals surface area contributed by atoms with Crippen molar-refractivity contribution in [3.63, 3.8) is 0 Å². The molecule has 1 saturated heterocycles. The predicted molar refractivity (Wildman–Crippen MR) is 36.7 cm³/mol. The van der Waals surface area contributed by atoms with Crippen LogP contribution in [-0.4, -0.2) is 18.5 Å². The van der Waals surface area contributed by atoms with Crippen LogP contribution in [0, 0.1) is 5.41 Å². The standard InChI is InChI=1S/C8H12O2/c1-6-2-8(5-10-6)3-7(9)4-8/h6H,2-5H2,1H3. The second kappa shape index (κ2) is 1.82. The van der Waals surface area contributed by atoms with Crippen LogP contribution in [0.25, 0.3) is 0 Å². The van der Waals surface area contributed by atoms with Gasteiger partial charge in [-0.05, 0) is 13.3 Å². The van der Waals surface area contributed by atoms with Crippen molar-refractivity contribution in [1.82, 2.24) is 0 Å². The van der Waals surface area contributed by atoms with E-state index >= 15 is 0 Å². The average Bonchev–Trinajstić information content (AvgIpc) is 2.10. The summed E-state index contributed by atoms with van der Waals surface area (Å²) in [5, 5.41) is 0. The molecular formula is C8H12O2. The van der Waals surface area contributed by atoms with Crippen LogP contribution < -0.4 is 0 Å². The molecule has 1 atom stereocenters. The van der Waals surface area contributed by atoms with Crippen molar-refractivity contribution in [3.8, 4) is 0 Å². The molecule has 10 heavy (non-hydrogen) atoms. The maximum absolute atomic E-state index is 10.7. The van der Waals surface area contributed by atoms with Gasteiger partial charge in [-0.1, -0.05) is 0 Å². The molecule has 1 spiro atoms. The van der Waals surface area contributed by atoms with Gasteiger partial charge >= 0.3 is 0 Å². The number of rotatable bonds is 0. The number of carbonyl (C=O) groups is 1. The van der Waals surface area contributed by atoms with Crippen molar-refractivity contribution in [2.75, 3.05) is 6.61 Å². The maximum Gasteiger partial charge on any atom is 0.134 e. The van der Waals surface area contributed by atoms with Crippen LogP contribution in [0.4, 0.5) is 0 Å². The van der Waals surface area contributed by atoms with E-state index < -0.39 is 0 Å². The molecule has 0 aromatic carbocycles. The summed E-state index contributed by atoms with van der Waals surface area (Å²) >= 11 is 0. The van der Waals surface area contributed by atoms with Crippen molar-refractivity contribution in [1.29, 1.82) is 0 Å². The maximum atomic E-state index is 10.7. The molecular weight excluding hydrogens is 128 g/mol. The first-order valence-electron chi connectivity index (χ1n) is 3.84. The van der Waals surface area contributed by atoms with E-state index in [1.165, 1.54) is 0 Å². The molecule has 0 bridgehead atoms. The number of ketones is 1. The molecule has 2 aliphatic rings. The molecule has 0 radical (unpaired) electrons. The Morgan fingerprint density at radius 3 is 2.70 bits per heavy atom. The van der Waals surface area contributed by atoms with Gasteiger partial charge in [-0.2, -0.15) is 0 Å². The van der Waals surface area contributed by atoms with Gasteiger partial charge in [0.1, 0.15) is 5.78 Å². The largest absolute Gasteiger partial charge is 0.378 e. The van der Waals surface area contributed by atoms with Crippen LogP contribution >= 0.6 is 0 Å². The van der Waals surface area contributed by atoms with Gasteiger partial charge in [0.05, 0.1) is 12.7 Å². The summed E-state index contributed by atoms with van der Waals surface area (Å²) in [5.74, 6) is 0.415. The molecule has 2 rings (SSSR count). The monoisotopic (exact) mass is 140 g/mol. The highest BCUT2D eigenvalue weighted by atomic mass is 16.5. The zero-order chi connectivity index (χ0) is 7.19. The van der Waals surface area contributed by atoms with Crippen molar-refractivity contribution in [2.24, 2.45) is 5.41 Å². The summed E-state index contributed by atoms with van der Waals surface area (Å²) in [5.41, 5.74) is 0.288. The summed E-state index contributed by atoms with van der Waals surface area (Å²) in [6.07, 6.45) is 3.03. The first-order valence-corrected chi connectivity index (χ1v) is 3.84. The highest BCUT2D eigenvalue weighted by Crippen LogP contribution is 2.46. The number of hydrogen-bond donors (Lipinski definition) is 0. The Bertz CT molecular complexity index is 166. The Morgan fingerprint density at radius 1 is 1.60 bits per heavy atom. The summed E-state index contributed by atoms with van der Waals surface area (Å²) < 4.78 is 5.41. The van der Waals surface area contributed by atoms with Crippen LogP contribution in [0.5, 0.6) is 0 Å². The van der Waals surface area contributed by atoms with Gasteiger partial charge in [-0.25, -0.2) is 0 Å². The Hall–Kier alpha value is -0.370. The summed E-state index contributed by atoms with van der Waals surface area (Å²) in [7, 11) is 0. The van der Waals surface area contributed by atoms with Gasteiger partial charge in [0.15, 0.2) is 0 Å². The molecule has 0 aromatic rings. The van der Waals surface area contributed by atoms with Crippen molar-refractivity contribution < 1.29 is 9.53 Å². The normalized spacial score (nSPS) is 36.5. The first-order chi connectivity index (χ1) is 4.70. The molecule has 1 unspecified atom stereocenters. The van der Waals surface area contributed by atoms with E-state index in [1.807, 2.05) is 0 Å². The Balaban J connectivity index is 2.01. The third-order valence-corrected chi connectivity index (χ3v) is 2.54. The fraction of sp³-hybridized carbons (Fsp3) is 0.875. The van der Waals surface area contributed by atoms with Gasteiger partial charge in [-0.3, -0.25) is 4.79 Å². The van der Waals surface area contributed by atoms with E-state index in [0.717, 1.165) is 25.9 Å². The number of ether oxygens (including phenoxy) is 1. The minimum Gasteiger partial charge on any atom is -0.378 e. The Kier molecular flexibility index (Phi) is 1.15. The summed E-state index contributed by atoms with van der Waals surface area (Å²) in [4.78, 5) is 10.7. The average molecular weight is 140 g/mol. The van der Waals surface area contributed by atoms with Crippen molar-refractivity contribution >= 4 is 5.78 Å². The van der Waals surface area contributed by atoms with E-state index in [0.29, 0.717) is 11.9 Å². The SMILES string of the molecule is CC1CC2(CO1)CC(=O)C2. The van der Waals surface area contributed by atoms with Gasteiger partial charge in [0.2, 0.25) is 0 Å². The van der Waals surface area contributed by atoms with Crippen LogP contribution in [0.15, 0.2) is 0 Å². The van der Waals surface area contributed by atoms with Crippen LogP contribution in [0.1, 0.15) is 26.2 Å². The van der Waals surface area contributed by atoms with E-state index in [4.69, 9.17) is 4.74 Å². The quantitative estimate of drug-likeness (QED) is 0.504. The number of carbonyl (C=O) groups excluding carboxylic acids is 1. The second-order valence-electron chi connectivity index (χ2n) is 3.72. The fourth-order valence-electron chi connectivity index (χ4n) is 2.08. The Morgan fingerprint density at radius 2 is 2.30 bits per heavy atom. The zero-order valence-corrected chi connectivity index (χ0v) is 6.22. The minimum absolute atomic E-state index is 0.288. The lowest BCUT2D eigenvalue weighted by Gasteiger charge is -2.34. The van der Waals surface area contributed by atoms with E-state index in [2.05, 4.69) is 6.92 Å². The van der Waals surface area contributed by atoms with Gasteiger partial charge in [-0.15, -0.1) is 0 Å². The smallest absolute Gasteiger partial charge is 0.134 e. The molecule has 0 aromatic heterocycles. The minimum atomic E-state index is 0.288. The lowest BCUT2D eigenvalue weighted by Crippen LogP contribution is -2.37. The summed E-state index contributed by atoms with van der Waals surface area (Å²) in [6.45, 7) is 2.90. The molecule has 0 N–H and O–H groups in total. The molecule has 1 saturated carbocycles. The zero-order valence-electron chi connectivity index (χ0n) is 6.22. The van der Waals surface area contributed by atoms with Crippen molar-refractivity contribution in [3.05, 3.63) is 0 Å². The molecule has 1 heterocycles. The van der Waals surface area contributed by atoms with E-state index in [1.54, 1.807) is 0 Å². The molecule has 56 valence electrons. The summed E-state index contributed by atoms with van der Waals surface area (Å²) in [6, 6.07) is 0. The first kappa shape index (κ1) is 6.35. The molecule has 1 aliphatic heterocycles. The second-order valence-corrected chi connectivity index (χ2v) is 3.72. The molecule has 2 fully saturated rings. The number of hydrogen-bond acceptors (Lipinski definition) is 2. The fourth-order valence-corrected chi connectivity index (χ4v) is 2.08. The molecule has 2 heteroatoms. The molecule has 0 amide bonds. The lowest BCUT2D eigenvalue weighted by atomic mass is 9.67. The van der Waals surface area contributed by atoms with Gasteiger partial charge < -0.3 is 4.74 Å².